The molecule has 0 atom stereocenters. The van der Waals surface area contributed by atoms with Crippen molar-refractivity contribution in [2.24, 2.45) is 5.73 Å². The second-order valence-electron chi connectivity index (χ2n) is 3.44. The summed E-state index contributed by atoms with van der Waals surface area (Å²) < 4.78 is 0. The van der Waals surface area contributed by atoms with Crippen LogP contribution in [0.1, 0.15) is 11.1 Å². The molecule has 0 aliphatic heterocycles. The molecule has 0 spiro atoms. The third-order valence-corrected chi connectivity index (χ3v) is 2.29. The van der Waals surface area contributed by atoms with Crippen molar-refractivity contribution < 1.29 is 9.90 Å². The average molecular weight is 241 g/mol. The summed E-state index contributed by atoms with van der Waals surface area (Å²) in [7, 11) is 0. The van der Waals surface area contributed by atoms with Gasteiger partial charge in [0, 0.05) is 17.1 Å². The molecule has 1 aromatic rings. The normalized spacial score (nSPS) is 9.88. The molecular formula is C11H13ClN2O2. The molecule has 4 nitrogen and oxygen atoms in total. The van der Waals surface area contributed by atoms with Crippen molar-refractivity contribution in [3.8, 4) is 5.75 Å². The molecule has 0 radical (unpaired) electrons. The van der Waals surface area contributed by atoms with Crippen molar-refractivity contribution in [1.82, 2.24) is 5.32 Å². The van der Waals surface area contributed by atoms with Gasteiger partial charge in [-0.1, -0.05) is 18.2 Å². The quantitative estimate of drug-likeness (QED) is 0.700. The largest absolute Gasteiger partial charge is 0.507 e. The van der Waals surface area contributed by atoms with Gasteiger partial charge in [0.15, 0.2) is 0 Å². The lowest BCUT2D eigenvalue weighted by molar-refractivity contribution is -0.117. The molecule has 0 aliphatic carbocycles. The molecule has 1 aromatic carbocycles. The fourth-order valence-electron chi connectivity index (χ4n) is 1.23. The summed E-state index contributed by atoms with van der Waals surface area (Å²) in [5.74, 6) is -0.343. The van der Waals surface area contributed by atoms with E-state index in [0.29, 0.717) is 16.1 Å². The van der Waals surface area contributed by atoms with Gasteiger partial charge in [-0.15, -0.1) is 0 Å². The molecule has 0 saturated carbocycles. The van der Waals surface area contributed by atoms with E-state index in [1.165, 1.54) is 0 Å². The van der Waals surface area contributed by atoms with Gasteiger partial charge in [-0.25, -0.2) is 0 Å². The number of halogens is 1. The molecular weight excluding hydrogens is 228 g/mol. The molecule has 5 heteroatoms. The van der Waals surface area contributed by atoms with Crippen molar-refractivity contribution >= 4 is 17.5 Å². The maximum atomic E-state index is 11.1. The molecule has 1 amide bonds. The maximum absolute atomic E-state index is 11.1. The number of nitrogens with one attached hydrogen (secondary N) is 1. The molecule has 0 saturated heterocycles. The fourth-order valence-corrected chi connectivity index (χ4v) is 1.52. The van der Waals surface area contributed by atoms with Crippen LogP contribution in [0.3, 0.4) is 0 Å². The van der Waals surface area contributed by atoms with Gasteiger partial charge in [-0.05, 0) is 24.6 Å². The second-order valence-corrected chi connectivity index (χ2v) is 3.87. The smallest absolute Gasteiger partial charge is 0.266 e. The van der Waals surface area contributed by atoms with E-state index >= 15 is 0 Å². The first kappa shape index (κ1) is 12.4. The van der Waals surface area contributed by atoms with E-state index in [-0.39, 0.29) is 18.0 Å². The number of aryl methyl sites for hydroxylation is 1. The van der Waals surface area contributed by atoms with Crippen molar-refractivity contribution in [3.05, 3.63) is 40.6 Å². The number of phenols is 1. The third-order valence-electron chi connectivity index (χ3n) is 2.08. The van der Waals surface area contributed by atoms with E-state index in [2.05, 4.69) is 11.9 Å². The number of rotatable bonds is 3. The van der Waals surface area contributed by atoms with Crippen molar-refractivity contribution in [2.45, 2.75) is 13.5 Å². The highest BCUT2D eigenvalue weighted by Gasteiger charge is 2.08. The summed E-state index contributed by atoms with van der Waals surface area (Å²) in [6, 6.07) is 3.23. The Hall–Kier alpha value is -1.68. The Labute approximate surface area is 98.7 Å². The van der Waals surface area contributed by atoms with Crippen LogP contribution >= 0.6 is 11.6 Å². The Morgan fingerprint density at radius 2 is 2.25 bits per heavy atom. The Morgan fingerprint density at radius 1 is 1.62 bits per heavy atom. The van der Waals surface area contributed by atoms with Crippen LogP contribution in [0.4, 0.5) is 0 Å². The number of nitrogens with two attached hydrogens (primary N) is 1. The number of benzene rings is 1. The zero-order chi connectivity index (χ0) is 12.3. The molecule has 0 fully saturated rings. The van der Waals surface area contributed by atoms with Crippen LogP contribution in [-0.2, 0) is 11.3 Å². The standard InChI is InChI=1S/C11H13ClN2O2/c1-6-3-9(12)4-8(10(6)15)5-14-11(16)7(2)13/h3-4,15H,2,5,13H2,1H3,(H,14,16). The first-order chi connectivity index (χ1) is 7.41. The lowest BCUT2D eigenvalue weighted by atomic mass is 10.1. The zero-order valence-corrected chi connectivity index (χ0v) is 9.64. The van der Waals surface area contributed by atoms with Crippen LogP contribution in [-0.4, -0.2) is 11.0 Å². The van der Waals surface area contributed by atoms with E-state index in [4.69, 9.17) is 17.3 Å². The molecule has 16 heavy (non-hydrogen) atoms. The highest BCUT2D eigenvalue weighted by molar-refractivity contribution is 6.30. The number of phenolic OH excluding ortho intramolecular Hbond substituents is 1. The summed E-state index contributed by atoms with van der Waals surface area (Å²) in [5.41, 5.74) is 6.33. The van der Waals surface area contributed by atoms with E-state index in [9.17, 15) is 9.90 Å². The van der Waals surface area contributed by atoms with Crippen molar-refractivity contribution in [3.63, 3.8) is 0 Å². The molecule has 0 aliphatic rings. The van der Waals surface area contributed by atoms with Crippen LogP contribution in [0, 0.1) is 6.92 Å². The van der Waals surface area contributed by atoms with E-state index in [0.717, 1.165) is 0 Å². The molecule has 0 unspecified atom stereocenters. The fraction of sp³-hybridized carbons (Fsp3) is 0.182. The molecule has 0 bridgehead atoms. The van der Waals surface area contributed by atoms with Gasteiger partial charge in [0.05, 0.1) is 5.70 Å². The number of hydrogen-bond acceptors (Lipinski definition) is 3. The van der Waals surface area contributed by atoms with Crippen LogP contribution < -0.4 is 11.1 Å². The Morgan fingerprint density at radius 3 is 2.81 bits per heavy atom. The molecule has 4 N–H and O–H groups in total. The first-order valence-corrected chi connectivity index (χ1v) is 5.00. The average Bonchev–Trinajstić information content (AvgIpc) is 2.20. The zero-order valence-electron chi connectivity index (χ0n) is 8.88. The number of carbonyl (C=O) groups is 1. The number of amides is 1. The Kier molecular flexibility index (Phi) is 3.79. The van der Waals surface area contributed by atoms with Gasteiger partial charge in [0.2, 0.25) is 0 Å². The van der Waals surface area contributed by atoms with E-state index in [1.807, 2.05) is 0 Å². The van der Waals surface area contributed by atoms with Crippen LogP contribution in [0.25, 0.3) is 0 Å². The first-order valence-electron chi connectivity index (χ1n) is 4.62. The predicted molar refractivity (Wildman–Crippen MR) is 63.0 cm³/mol. The van der Waals surface area contributed by atoms with Gasteiger partial charge < -0.3 is 16.2 Å². The lowest BCUT2D eigenvalue weighted by Crippen LogP contribution is -2.27. The number of hydrogen-bond donors (Lipinski definition) is 3. The van der Waals surface area contributed by atoms with Crippen molar-refractivity contribution in [2.75, 3.05) is 0 Å². The maximum Gasteiger partial charge on any atom is 0.266 e. The van der Waals surface area contributed by atoms with Gasteiger partial charge >= 0.3 is 0 Å². The molecule has 86 valence electrons. The van der Waals surface area contributed by atoms with E-state index < -0.39 is 5.91 Å². The highest BCUT2D eigenvalue weighted by Crippen LogP contribution is 2.26. The molecule has 0 heterocycles. The number of aromatic hydroxyl groups is 1. The summed E-state index contributed by atoms with van der Waals surface area (Å²) in [6.45, 7) is 5.19. The SMILES string of the molecule is C=C(N)C(=O)NCc1cc(Cl)cc(C)c1O. The summed E-state index contributed by atoms with van der Waals surface area (Å²) in [5, 5.41) is 12.7. The summed E-state index contributed by atoms with van der Waals surface area (Å²) in [6.07, 6.45) is 0. The minimum Gasteiger partial charge on any atom is -0.507 e. The minimum atomic E-state index is -0.461. The van der Waals surface area contributed by atoms with Crippen LogP contribution in [0.2, 0.25) is 5.02 Å². The Bertz CT molecular complexity index is 444. The topological polar surface area (TPSA) is 75.4 Å². The third kappa shape index (κ3) is 2.90. The Balaban J connectivity index is 2.82. The minimum absolute atomic E-state index is 0.0711. The number of carbonyl (C=O) groups excluding carboxylic acids is 1. The van der Waals surface area contributed by atoms with Crippen molar-refractivity contribution in [1.29, 1.82) is 0 Å². The summed E-state index contributed by atoms with van der Waals surface area (Å²) in [4.78, 5) is 11.1. The van der Waals surface area contributed by atoms with Gasteiger partial charge in [-0.3, -0.25) is 4.79 Å². The van der Waals surface area contributed by atoms with E-state index in [1.54, 1.807) is 19.1 Å². The van der Waals surface area contributed by atoms with Gasteiger partial charge in [0.1, 0.15) is 5.75 Å². The molecule has 1 rings (SSSR count). The molecule has 0 aromatic heterocycles. The van der Waals surface area contributed by atoms with Crippen LogP contribution in [0.5, 0.6) is 5.75 Å². The predicted octanol–water partition coefficient (Wildman–Crippen LogP) is 1.44. The highest BCUT2D eigenvalue weighted by atomic mass is 35.5. The lowest BCUT2D eigenvalue weighted by Gasteiger charge is -2.09. The van der Waals surface area contributed by atoms with Gasteiger partial charge in [-0.2, -0.15) is 0 Å². The summed E-state index contributed by atoms with van der Waals surface area (Å²) >= 11 is 5.83. The van der Waals surface area contributed by atoms with Gasteiger partial charge in [0.25, 0.3) is 5.91 Å². The van der Waals surface area contributed by atoms with Crippen LogP contribution in [0.15, 0.2) is 24.4 Å². The monoisotopic (exact) mass is 240 g/mol. The second kappa shape index (κ2) is 4.90.